The molecule has 3 saturated heterocycles. The molecule has 3 aromatic carbocycles. The van der Waals surface area contributed by atoms with Crippen LogP contribution in [0.2, 0.25) is 0 Å². The van der Waals surface area contributed by atoms with Gasteiger partial charge in [0.05, 0.1) is 13.2 Å². The average molecular weight is 778 g/mol. The minimum Gasteiger partial charge on any atom is -0.458 e. The van der Waals surface area contributed by atoms with Gasteiger partial charge in [0.25, 0.3) is 5.91 Å². The molecule has 2 amide bonds. The standard InChI is InChI=1S/C40H38F3N3O10/c41-40(42,43)22-52-30(48)13-12-24-7-1-4-10-28(24)21-46-33-36(50)53-29-19-39(33,37(51)45-20-23-6-5-11-25(16-23)35(49)44-14-15-47)34(56-46)32-31(29)54-38(55-32)17-26-8-2-3-9-27(26)18-38/h1-13,16,29,31-34,47H,14-15,17-22H2,(H,44,49)(H,45,51). The number of rotatable bonds is 11. The molecule has 16 heteroatoms. The Bertz CT molecular complexity index is 2050. The van der Waals surface area contributed by atoms with Gasteiger partial charge in [-0.2, -0.15) is 18.2 Å². The van der Waals surface area contributed by atoms with Crippen LogP contribution >= 0.6 is 0 Å². The van der Waals surface area contributed by atoms with E-state index >= 15 is 0 Å². The number of hydroxylamine groups is 2. The number of hydrogen-bond acceptors (Lipinski definition) is 11. The molecule has 1 saturated carbocycles. The number of nitrogens with one attached hydrogen (secondary N) is 2. The number of hydrogen-bond donors (Lipinski definition) is 3. The van der Waals surface area contributed by atoms with Gasteiger partial charge in [0.1, 0.15) is 29.8 Å². The number of ether oxygens (including phenoxy) is 4. The number of carbonyl (C=O) groups excluding carboxylic acids is 4. The van der Waals surface area contributed by atoms with Crippen LogP contribution in [0.5, 0.6) is 0 Å². The Morgan fingerprint density at radius 1 is 0.964 bits per heavy atom. The summed E-state index contributed by atoms with van der Waals surface area (Å²) in [5.41, 5.74) is 2.49. The van der Waals surface area contributed by atoms with Crippen LogP contribution < -0.4 is 10.6 Å². The van der Waals surface area contributed by atoms with Gasteiger partial charge in [-0.15, -0.1) is 0 Å². The number of aliphatic hydroxyl groups is 1. The second-order valence-electron chi connectivity index (χ2n) is 14.5. The molecule has 13 nitrogen and oxygen atoms in total. The third kappa shape index (κ3) is 7.07. The van der Waals surface area contributed by atoms with Crippen LogP contribution in [-0.2, 0) is 64.1 Å². The molecule has 5 aliphatic rings. The van der Waals surface area contributed by atoms with E-state index in [1.54, 1.807) is 48.5 Å². The number of halogens is 3. The number of benzene rings is 3. The molecule has 2 bridgehead atoms. The lowest BCUT2D eigenvalue weighted by Crippen LogP contribution is -2.69. The van der Waals surface area contributed by atoms with Crippen molar-refractivity contribution in [3.63, 3.8) is 0 Å². The van der Waals surface area contributed by atoms with E-state index in [9.17, 15) is 32.3 Å². The minimum absolute atomic E-state index is 0.00359. The van der Waals surface area contributed by atoms with Gasteiger partial charge in [0.2, 0.25) is 5.91 Å². The lowest BCUT2D eigenvalue weighted by molar-refractivity contribution is -0.217. The zero-order chi connectivity index (χ0) is 39.2. The second-order valence-corrected chi connectivity index (χ2v) is 14.5. The molecule has 3 aromatic rings. The predicted octanol–water partition coefficient (Wildman–Crippen LogP) is 2.92. The first-order valence-corrected chi connectivity index (χ1v) is 18.2. The summed E-state index contributed by atoms with van der Waals surface area (Å²) < 4.78 is 61.6. The highest BCUT2D eigenvalue weighted by Crippen LogP contribution is 2.58. The molecule has 8 rings (SSSR count). The molecule has 0 aromatic heterocycles. The zero-order valence-corrected chi connectivity index (χ0v) is 29.8. The Morgan fingerprint density at radius 2 is 1.70 bits per heavy atom. The molecule has 294 valence electrons. The van der Waals surface area contributed by atoms with E-state index in [0.29, 0.717) is 35.1 Å². The van der Waals surface area contributed by atoms with Crippen LogP contribution in [0.25, 0.3) is 6.08 Å². The van der Waals surface area contributed by atoms with E-state index in [1.165, 1.54) is 11.1 Å². The van der Waals surface area contributed by atoms with Crippen molar-refractivity contribution in [3.05, 3.63) is 112 Å². The van der Waals surface area contributed by atoms with Gasteiger partial charge in [-0.05, 0) is 46.0 Å². The molecule has 56 heavy (non-hydrogen) atoms. The number of carbonyl (C=O) groups is 4. The van der Waals surface area contributed by atoms with Gasteiger partial charge < -0.3 is 34.7 Å². The zero-order valence-electron chi connectivity index (χ0n) is 29.8. The van der Waals surface area contributed by atoms with E-state index in [0.717, 1.165) is 17.2 Å². The molecule has 4 fully saturated rings. The highest BCUT2D eigenvalue weighted by Gasteiger charge is 2.76. The number of amides is 2. The topological polar surface area (TPSA) is 162 Å². The lowest BCUT2D eigenvalue weighted by Gasteiger charge is -2.48. The summed E-state index contributed by atoms with van der Waals surface area (Å²) in [6, 6.07) is 20.0. The summed E-state index contributed by atoms with van der Waals surface area (Å²) in [6.45, 7) is -1.96. The molecule has 3 aliphatic heterocycles. The summed E-state index contributed by atoms with van der Waals surface area (Å²) in [5, 5.41) is 16.1. The third-order valence-electron chi connectivity index (χ3n) is 10.9. The SMILES string of the molecule is O=C(C=Cc1ccccc1CN1OC2C3OC4(Cc5ccccc5C4)OC3C3CC2(C(=O)NCc2cccc(C(=O)NCCO)c2)C1C(=O)O3)OCC(F)(F)F. The Hall–Kier alpha value is -5.13. The molecule has 0 radical (unpaired) electrons. The van der Waals surface area contributed by atoms with Gasteiger partial charge in [0.15, 0.2) is 18.4 Å². The monoisotopic (exact) mass is 777 g/mol. The van der Waals surface area contributed by atoms with Crippen LogP contribution in [0.4, 0.5) is 13.2 Å². The van der Waals surface area contributed by atoms with Gasteiger partial charge in [-0.1, -0.05) is 60.7 Å². The van der Waals surface area contributed by atoms with Gasteiger partial charge in [0, 0.05) is 44.0 Å². The minimum atomic E-state index is -4.68. The first kappa shape index (κ1) is 37.8. The fraction of sp³-hybridized carbons (Fsp3) is 0.400. The predicted molar refractivity (Wildman–Crippen MR) is 188 cm³/mol. The van der Waals surface area contributed by atoms with Crippen molar-refractivity contribution in [2.45, 2.75) is 74.8 Å². The van der Waals surface area contributed by atoms with Crippen molar-refractivity contribution in [2.75, 3.05) is 19.8 Å². The Labute approximate surface area is 318 Å². The maximum Gasteiger partial charge on any atom is 0.422 e. The summed E-state index contributed by atoms with van der Waals surface area (Å²) in [7, 11) is 0. The Morgan fingerprint density at radius 3 is 2.45 bits per heavy atom. The van der Waals surface area contributed by atoms with Gasteiger partial charge in [-0.3, -0.25) is 19.2 Å². The number of alkyl halides is 3. The first-order chi connectivity index (χ1) is 26.9. The van der Waals surface area contributed by atoms with Gasteiger partial charge >= 0.3 is 18.1 Å². The molecule has 6 unspecified atom stereocenters. The largest absolute Gasteiger partial charge is 0.458 e. The van der Waals surface area contributed by atoms with E-state index < -0.39 is 78.2 Å². The highest BCUT2D eigenvalue weighted by molar-refractivity contribution is 5.95. The van der Waals surface area contributed by atoms with E-state index in [1.807, 2.05) is 24.3 Å². The summed E-state index contributed by atoms with van der Waals surface area (Å²) in [5.74, 6) is -3.85. The van der Waals surface area contributed by atoms with Crippen molar-refractivity contribution in [2.24, 2.45) is 5.41 Å². The number of esters is 2. The lowest BCUT2D eigenvalue weighted by atomic mass is 9.62. The fourth-order valence-corrected chi connectivity index (χ4v) is 8.57. The molecular weight excluding hydrogens is 739 g/mol. The fourth-order valence-electron chi connectivity index (χ4n) is 8.57. The molecule has 1 spiro atoms. The smallest absolute Gasteiger partial charge is 0.422 e. The third-order valence-corrected chi connectivity index (χ3v) is 10.9. The maximum absolute atomic E-state index is 14.8. The van der Waals surface area contributed by atoms with Crippen molar-refractivity contribution < 1.29 is 61.2 Å². The van der Waals surface area contributed by atoms with Crippen LogP contribution in [0, 0.1) is 5.41 Å². The van der Waals surface area contributed by atoms with E-state index in [2.05, 4.69) is 15.4 Å². The van der Waals surface area contributed by atoms with Crippen LogP contribution in [0.1, 0.15) is 44.6 Å². The van der Waals surface area contributed by atoms with Crippen molar-refractivity contribution >= 4 is 29.8 Å². The summed E-state index contributed by atoms with van der Waals surface area (Å²) in [6.07, 6.45) is -4.97. The molecule has 3 heterocycles. The Kier molecular flexibility index (Phi) is 9.95. The first-order valence-electron chi connectivity index (χ1n) is 18.2. The summed E-state index contributed by atoms with van der Waals surface area (Å²) >= 11 is 0. The summed E-state index contributed by atoms with van der Waals surface area (Å²) in [4.78, 5) is 60.2. The molecule has 2 aliphatic carbocycles. The average Bonchev–Trinajstić information content (AvgIpc) is 3.86. The van der Waals surface area contributed by atoms with E-state index in [-0.39, 0.29) is 32.7 Å². The van der Waals surface area contributed by atoms with Crippen LogP contribution in [-0.4, -0.2) is 96.1 Å². The van der Waals surface area contributed by atoms with Gasteiger partial charge in [-0.25, -0.2) is 4.79 Å². The quantitative estimate of drug-likeness (QED) is 0.194. The van der Waals surface area contributed by atoms with Crippen LogP contribution in [0.15, 0.2) is 78.9 Å². The number of fused-ring (bicyclic) bond motifs is 5. The number of aliphatic hydroxyl groups excluding tert-OH is 1. The maximum atomic E-state index is 14.8. The molecule has 3 N–H and O–H groups in total. The van der Waals surface area contributed by atoms with Crippen molar-refractivity contribution in [1.82, 2.24) is 15.7 Å². The van der Waals surface area contributed by atoms with E-state index in [4.69, 9.17) is 24.2 Å². The normalized spacial score (nSPS) is 27.1. The number of nitrogens with zero attached hydrogens (tertiary/aromatic N) is 1. The highest BCUT2D eigenvalue weighted by atomic mass is 19.4. The molecular formula is C40H38F3N3O10. The Balaban J connectivity index is 1.09. The second kappa shape index (κ2) is 14.7. The van der Waals surface area contributed by atoms with Crippen molar-refractivity contribution in [1.29, 1.82) is 0 Å². The van der Waals surface area contributed by atoms with Crippen LogP contribution in [0.3, 0.4) is 0 Å². The van der Waals surface area contributed by atoms with Crippen molar-refractivity contribution in [3.8, 4) is 0 Å². The molecule has 6 atom stereocenters.